The third-order valence-corrected chi connectivity index (χ3v) is 12.6. The van der Waals surface area contributed by atoms with Crippen LogP contribution < -0.4 is 0 Å². The zero-order valence-electron chi connectivity index (χ0n) is 29.1. The van der Waals surface area contributed by atoms with Gasteiger partial charge in [0.1, 0.15) is 11.2 Å². The van der Waals surface area contributed by atoms with E-state index in [0.717, 1.165) is 11.2 Å². The van der Waals surface area contributed by atoms with Crippen LogP contribution >= 0.6 is 11.3 Å². The first kappa shape index (κ1) is 29.8. The highest BCUT2D eigenvalue weighted by Crippen LogP contribution is 2.47. The Labute approximate surface area is 314 Å². The van der Waals surface area contributed by atoms with E-state index in [9.17, 15) is 0 Å². The number of fused-ring (bicyclic) bond motifs is 11. The standard InChI is InChI=1S/C52H30OS/c1-2-15-37-31(11-1)12-10-21-38(37)50-41-18-5-3-16-39(41)49(40-17-4-6-19-42(40)50)35-14-9-13-32(27-35)33-23-24-34-29-45-43-25-26-47-51(44-20-7-8-22-46(44)53-47)52(43)54-48(45)30-36(34)28-33/h1-30H. The summed E-state index contributed by atoms with van der Waals surface area (Å²) in [5.74, 6) is 0. The zero-order chi connectivity index (χ0) is 35.3. The lowest BCUT2D eigenvalue weighted by atomic mass is 9.84. The molecule has 2 heteroatoms. The molecule has 0 saturated carbocycles. The number of hydrogen-bond acceptors (Lipinski definition) is 2. The van der Waals surface area contributed by atoms with Crippen LogP contribution in [0, 0.1) is 0 Å². The second kappa shape index (κ2) is 11.4. The Hall–Kier alpha value is -6.74. The van der Waals surface area contributed by atoms with Crippen molar-refractivity contribution in [1.29, 1.82) is 0 Å². The minimum absolute atomic E-state index is 0.941. The van der Waals surface area contributed by atoms with Gasteiger partial charge in [0, 0.05) is 30.9 Å². The minimum Gasteiger partial charge on any atom is -0.456 e. The van der Waals surface area contributed by atoms with E-state index < -0.39 is 0 Å². The van der Waals surface area contributed by atoms with E-state index >= 15 is 0 Å². The van der Waals surface area contributed by atoms with Crippen molar-refractivity contribution in [1.82, 2.24) is 0 Å². The molecule has 12 rings (SSSR count). The topological polar surface area (TPSA) is 13.1 Å². The van der Waals surface area contributed by atoms with E-state index in [0.29, 0.717) is 0 Å². The summed E-state index contributed by atoms with van der Waals surface area (Å²) >= 11 is 1.87. The van der Waals surface area contributed by atoms with Crippen LogP contribution in [0.5, 0.6) is 0 Å². The molecule has 2 heterocycles. The number of furan rings is 1. The lowest BCUT2D eigenvalue weighted by Gasteiger charge is -2.19. The van der Waals surface area contributed by atoms with Gasteiger partial charge in [-0.1, -0.05) is 140 Å². The van der Waals surface area contributed by atoms with Crippen molar-refractivity contribution in [3.05, 3.63) is 182 Å². The maximum Gasteiger partial charge on any atom is 0.136 e. The van der Waals surface area contributed by atoms with Gasteiger partial charge in [0.15, 0.2) is 0 Å². The average molecular weight is 703 g/mol. The fourth-order valence-corrected chi connectivity index (χ4v) is 10.3. The van der Waals surface area contributed by atoms with E-state index in [1.54, 1.807) is 0 Å². The molecule has 0 saturated heterocycles. The number of thiophene rings is 1. The summed E-state index contributed by atoms with van der Waals surface area (Å²) in [6.07, 6.45) is 0. The molecule has 0 aliphatic heterocycles. The predicted molar refractivity (Wildman–Crippen MR) is 233 cm³/mol. The van der Waals surface area contributed by atoms with Gasteiger partial charge in [-0.3, -0.25) is 0 Å². The molecule has 54 heavy (non-hydrogen) atoms. The van der Waals surface area contributed by atoms with E-state index in [1.807, 2.05) is 17.4 Å². The molecule has 0 N–H and O–H groups in total. The van der Waals surface area contributed by atoms with Gasteiger partial charge in [0.2, 0.25) is 0 Å². The van der Waals surface area contributed by atoms with Gasteiger partial charge >= 0.3 is 0 Å². The molecule has 0 aliphatic rings. The van der Waals surface area contributed by atoms with Crippen molar-refractivity contribution < 1.29 is 4.42 Å². The second-order valence-corrected chi connectivity index (χ2v) is 15.4. The van der Waals surface area contributed by atoms with Crippen LogP contribution in [0.4, 0.5) is 0 Å². The molecule has 12 aromatic rings. The van der Waals surface area contributed by atoms with Gasteiger partial charge in [-0.25, -0.2) is 0 Å². The second-order valence-electron chi connectivity index (χ2n) is 14.4. The Morgan fingerprint density at radius 2 is 0.981 bits per heavy atom. The highest BCUT2D eigenvalue weighted by atomic mass is 32.1. The lowest BCUT2D eigenvalue weighted by Crippen LogP contribution is -1.92. The SMILES string of the molecule is c1cc(-c2ccc3cc4c(cc3c2)sc2c4ccc3oc4ccccc4c32)cc(-c2c3ccccc3c(-c3cccc4ccccc34)c3ccccc23)c1. The molecule has 0 bridgehead atoms. The molecule has 0 unspecified atom stereocenters. The van der Waals surface area contributed by atoms with Crippen LogP contribution in [0.2, 0.25) is 0 Å². The molecule has 2 aromatic heterocycles. The molecular weight excluding hydrogens is 673 g/mol. The third kappa shape index (κ3) is 4.32. The Kier molecular flexibility index (Phi) is 6.28. The summed E-state index contributed by atoms with van der Waals surface area (Å²) in [5, 5.41) is 15.1. The molecule has 0 spiro atoms. The van der Waals surface area contributed by atoms with Crippen LogP contribution in [0.25, 0.3) is 119 Å². The van der Waals surface area contributed by atoms with Crippen LogP contribution in [-0.2, 0) is 0 Å². The van der Waals surface area contributed by atoms with Crippen LogP contribution in [-0.4, -0.2) is 0 Å². The van der Waals surface area contributed by atoms with Gasteiger partial charge in [-0.15, -0.1) is 11.3 Å². The van der Waals surface area contributed by atoms with E-state index in [1.165, 1.54) is 107 Å². The number of benzene rings is 10. The maximum atomic E-state index is 6.24. The predicted octanol–water partition coefficient (Wildman–Crippen LogP) is 15.6. The van der Waals surface area contributed by atoms with Crippen molar-refractivity contribution in [2.45, 2.75) is 0 Å². The Bertz CT molecular complexity index is 3450. The molecule has 0 atom stereocenters. The number of rotatable bonds is 3. The van der Waals surface area contributed by atoms with Gasteiger partial charge in [0.25, 0.3) is 0 Å². The van der Waals surface area contributed by atoms with Gasteiger partial charge in [0.05, 0.1) is 0 Å². The van der Waals surface area contributed by atoms with Crippen molar-refractivity contribution in [2.75, 3.05) is 0 Å². The van der Waals surface area contributed by atoms with Gasteiger partial charge in [-0.05, 0) is 119 Å². The molecule has 1 nitrogen and oxygen atoms in total. The van der Waals surface area contributed by atoms with Crippen molar-refractivity contribution in [3.8, 4) is 33.4 Å². The molecule has 0 fully saturated rings. The quantitative estimate of drug-likeness (QED) is 0.167. The Balaban J connectivity index is 1.03. The van der Waals surface area contributed by atoms with Crippen LogP contribution in [0.1, 0.15) is 0 Å². The molecule has 10 aromatic carbocycles. The molecular formula is C52H30OS. The lowest BCUT2D eigenvalue weighted by molar-refractivity contribution is 0.669. The number of hydrogen-bond donors (Lipinski definition) is 0. The largest absolute Gasteiger partial charge is 0.456 e. The average Bonchev–Trinajstić information content (AvgIpc) is 3.79. The third-order valence-electron chi connectivity index (χ3n) is 11.4. The molecule has 0 amide bonds. The summed E-state index contributed by atoms with van der Waals surface area (Å²) in [4.78, 5) is 0. The van der Waals surface area contributed by atoms with Gasteiger partial charge in [-0.2, -0.15) is 0 Å². The minimum atomic E-state index is 0.941. The van der Waals surface area contributed by atoms with E-state index in [2.05, 4.69) is 176 Å². The van der Waals surface area contributed by atoms with Crippen molar-refractivity contribution >= 4 is 96.5 Å². The van der Waals surface area contributed by atoms with Crippen LogP contribution in [0.3, 0.4) is 0 Å². The first-order valence-corrected chi connectivity index (χ1v) is 19.3. The smallest absolute Gasteiger partial charge is 0.136 e. The van der Waals surface area contributed by atoms with Crippen LogP contribution in [0.15, 0.2) is 186 Å². The summed E-state index contributed by atoms with van der Waals surface area (Å²) in [7, 11) is 0. The molecule has 0 radical (unpaired) electrons. The highest BCUT2D eigenvalue weighted by Gasteiger charge is 2.19. The molecule has 250 valence electrons. The van der Waals surface area contributed by atoms with Crippen molar-refractivity contribution in [3.63, 3.8) is 0 Å². The van der Waals surface area contributed by atoms with E-state index in [-0.39, 0.29) is 0 Å². The first-order valence-electron chi connectivity index (χ1n) is 18.5. The zero-order valence-corrected chi connectivity index (χ0v) is 30.0. The van der Waals surface area contributed by atoms with E-state index in [4.69, 9.17) is 4.42 Å². The Morgan fingerprint density at radius 3 is 1.80 bits per heavy atom. The maximum absolute atomic E-state index is 6.24. The van der Waals surface area contributed by atoms with Gasteiger partial charge < -0.3 is 4.42 Å². The summed E-state index contributed by atoms with van der Waals surface area (Å²) in [5.41, 5.74) is 9.38. The fourth-order valence-electron chi connectivity index (χ4n) is 8.99. The Morgan fingerprint density at radius 1 is 0.333 bits per heavy atom. The highest BCUT2D eigenvalue weighted by molar-refractivity contribution is 7.26. The normalized spacial score (nSPS) is 12.1. The summed E-state index contributed by atoms with van der Waals surface area (Å²) in [6.45, 7) is 0. The first-order chi connectivity index (χ1) is 26.8. The van der Waals surface area contributed by atoms with Crippen molar-refractivity contribution in [2.24, 2.45) is 0 Å². The summed E-state index contributed by atoms with van der Waals surface area (Å²) in [6, 6.07) is 66.8. The summed E-state index contributed by atoms with van der Waals surface area (Å²) < 4.78 is 8.83. The monoisotopic (exact) mass is 702 g/mol. The fraction of sp³-hybridized carbons (Fsp3) is 0. The molecule has 0 aliphatic carbocycles. The number of para-hydroxylation sites is 1.